The number of carbonyl (C=O) groups excluding carboxylic acids is 2. The van der Waals surface area contributed by atoms with Crippen LogP contribution in [0.1, 0.15) is 29.0 Å². The van der Waals surface area contributed by atoms with Crippen LogP contribution in [0.2, 0.25) is 0 Å². The first-order chi connectivity index (χ1) is 13.3. The van der Waals surface area contributed by atoms with Gasteiger partial charge in [0.2, 0.25) is 11.8 Å². The fourth-order valence-corrected chi connectivity index (χ4v) is 3.35. The molecule has 8 heteroatoms. The number of benzene rings is 2. The van der Waals surface area contributed by atoms with Crippen molar-refractivity contribution in [2.75, 3.05) is 6.54 Å². The molecule has 0 spiro atoms. The van der Waals surface area contributed by atoms with Crippen molar-refractivity contribution in [3.63, 3.8) is 0 Å². The van der Waals surface area contributed by atoms with Gasteiger partial charge in [-0.2, -0.15) is 13.2 Å². The van der Waals surface area contributed by atoms with Gasteiger partial charge in [0, 0.05) is 24.6 Å². The summed E-state index contributed by atoms with van der Waals surface area (Å²) in [5, 5.41) is 5.09. The van der Waals surface area contributed by atoms with Gasteiger partial charge in [-0.15, -0.1) is 0 Å². The average Bonchev–Trinajstić information content (AvgIpc) is 2.66. The number of hydrogen-bond donors (Lipinski definition) is 2. The van der Waals surface area contributed by atoms with Gasteiger partial charge >= 0.3 is 6.18 Å². The molecule has 2 unspecified atom stereocenters. The lowest BCUT2D eigenvalue weighted by Crippen LogP contribution is -2.48. The third kappa shape index (κ3) is 4.32. The number of amides is 2. The maximum atomic E-state index is 13.7. The van der Waals surface area contributed by atoms with E-state index in [0.717, 1.165) is 12.1 Å². The molecule has 0 bridgehead atoms. The van der Waals surface area contributed by atoms with Crippen LogP contribution in [0.25, 0.3) is 0 Å². The summed E-state index contributed by atoms with van der Waals surface area (Å²) in [6, 6.07) is 10.5. The lowest BCUT2D eigenvalue weighted by atomic mass is 9.79. The second-order valence-corrected chi connectivity index (χ2v) is 6.60. The van der Waals surface area contributed by atoms with E-state index in [0.29, 0.717) is 6.42 Å². The summed E-state index contributed by atoms with van der Waals surface area (Å²) in [5.41, 5.74) is -0.306. The Morgan fingerprint density at radius 1 is 1.14 bits per heavy atom. The Hall–Kier alpha value is -2.90. The number of alkyl halides is 3. The Morgan fingerprint density at radius 2 is 1.89 bits per heavy atom. The van der Waals surface area contributed by atoms with Crippen LogP contribution in [0.15, 0.2) is 48.5 Å². The average molecular weight is 394 g/mol. The SMILES string of the molecule is O=C1NCCC(c2cccc(C(F)(F)F)c2)C1C(=O)NCc1ccccc1F. The number of hydrogen-bond acceptors (Lipinski definition) is 2. The molecule has 3 rings (SSSR count). The van der Waals surface area contributed by atoms with Crippen LogP contribution in [0.3, 0.4) is 0 Å². The van der Waals surface area contributed by atoms with Gasteiger partial charge in [0.1, 0.15) is 11.7 Å². The van der Waals surface area contributed by atoms with E-state index in [-0.39, 0.29) is 24.2 Å². The van der Waals surface area contributed by atoms with E-state index in [1.165, 1.54) is 30.3 Å². The van der Waals surface area contributed by atoms with Crippen LogP contribution in [0.4, 0.5) is 17.6 Å². The minimum atomic E-state index is -4.52. The molecule has 0 radical (unpaired) electrons. The zero-order valence-corrected chi connectivity index (χ0v) is 14.7. The third-order valence-corrected chi connectivity index (χ3v) is 4.77. The van der Waals surface area contributed by atoms with Crippen molar-refractivity contribution in [1.29, 1.82) is 0 Å². The summed E-state index contributed by atoms with van der Waals surface area (Å²) in [6.45, 7) is 0.140. The van der Waals surface area contributed by atoms with Crippen molar-refractivity contribution in [2.45, 2.75) is 25.1 Å². The predicted molar refractivity (Wildman–Crippen MR) is 93.5 cm³/mol. The lowest BCUT2D eigenvalue weighted by Gasteiger charge is -2.31. The Labute approximate surface area is 158 Å². The summed E-state index contributed by atoms with van der Waals surface area (Å²) in [7, 11) is 0. The molecule has 1 aliphatic heterocycles. The van der Waals surface area contributed by atoms with Crippen LogP contribution in [-0.2, 0) is 22.3 Å². The Kier molecular flexibility index (Phi) is 5.67. The highest BCUT2D eigenvalue weighted by atomic mass is 19.4. The molecule has 1 heterocycles. The minimum Gasteiger partial charge on any atom is -0.355 e. The van der Waals surface area contributed by atoms with Gasteiger partial charge in [0.25, 0.3) is 0 Å². The molecule has 1 fully saturated rings. The molecule has 148 valence electrons. The van der Waals surface area contributed by atoms with E-state index < -0.39 is 41.2 Å². The van der Waals surface area contributed by atoms with Gasteiger partial charge < -0.3 is 10.6 Å². The zero-order chi connectivity index (χ0) is 20.3. The summed E-state index contributed by atoms with van der Waals surface area (Å²) in [5.74, 6) is -3.59. The highest BCUT2D eigenvalue weighted by Gasteiger charge is 2.39. The van der Waals surface area contributed by atoms with E-state index >= 15 is 0 Å². The predicted octanol–water partition coefficient (Wildman–Crippen LogP) is 3.38. The van der Waals surface area contributed by atoms with Crippen molar-refractivity contribution in [3.8, 4) is 0 Å². The number of carbonyl (C=O) groups is 2. The zero-order valence-electron chi connectivity index (χ0n) is 14.7. The van der Waals surface area contributed by atoms with Crippen molar-refractivity contribution >= 4 is 11.8 Å². The van der Waals surface area contributed by atoms with Crippen molar-refractivity contribution < 1.29 is 27.2 Å². The number of rotatable bonds is 4. The topological polar surface area (TPSA) is 58.2 Å². The number of nitrogens with one attached hydrogen (secondary N) is 2. The molecular weight excluding hydrogens is 376 g/mol. The third-order valence-electron chi connectivity index (χ3n) is 4.77. The first-order valence-electron chi connectivity index (χ1n) is 8.73. The van der Waals surface area contributed by atoms with Gasteiger partial charge in [-0.25, -0.2) is 4.39 Å². The summed E-state index contributed by atoms with van der Waals surface area (Å²) in [6.07, 6.45) is -4.19. The van der Waals surface area contributed by atoms with Gasteiger partial charge in [-0.1, -0.05) is 36.4 Å². The maximum Gasteiger partial charge on any atom is 0.416 e. The lowest BCUT2D eigenvalue weighted by molar-refractivity contribution is -0.138. The Balaban J connectivity index is 1.82. The molecule has 2 atom stereocenters. The highest BCUT2D eigenvalue weighted by molar-refractivity contribution is 6.01. The first-order valence-corrected chi connectivity index (χ1v) is 8.73. The van der Waals surface area contributed by atoms with E-state index in [2.05, 4.69) is 10.6 Å². The molecule has 2 aromatic carbocycles. The van der Waals surface area contributed by atoms with Gasteiger partial charge in [0.15, 0.2) is 0 Å². The molecule has 2 amide bonds. The smallest absolute Gasteiger partial charge is 0.355 e. The molecule has 1 aliphatic rings. The van der Waals surface area contributed by atoms with E-state index in [1.807, 2.05) is 0 Å². The molecule has 28 heavy (non-hydrogen) atoms. The van der Waals surface area contributed by atoms with Crippen molar-refractivity contribution in [2.24, 2.45) is 5.92 Å². The van der Waals surface area contributed by atoms with E-state index in [1.54, 1.807) is 6.07 Å². The molecule has 0 saturated carbocycles. The van der Waals surface area contributed by atoms with Crippen LogP contribution in [-0.4, -0.2) is 18.4 Å². The summed E-state index contributed by atoms with van der Waals surface area (Å²) >= 11 is 0. The Bertz CT molecular complexity index is 883. The fraction of sp³-hybridized carbons (Fsp3) is 0.300. The van der Waals surface area contributed by atoms with Crippen LogP contribution in [0, 0.1) is 11.7 Å². The Morgan fingerprint density at radius 3 is 2.61 bits per heavy atom. The van der Waals surface area contributed by atoms with Gasteiger partial charge in [-0.3, -0.25) is 9.59 Å². The normalized spacial score (nSPS) is 19.8. The van der Waals surface area contributed by atoms with Crippen LogP contribution >= 0.6 is 0 Å². The first kappa shape index (κ1) is 19.9. The molecule has 2 N–H and O–H groups in total. The quantitative estimate of drug-likeness (QED) is 0.617. The largest absolute Gasteiger partial charge is 0.416 e. The monoisotopic (exact) mass is 394 g/mol. The van der Waals surface area contributed by atoms with Gasteiger partial charge in [-0.05, 0) is 24.1 Å². The maximum absolute atomic E-state index is 13.7. The van der Waals surface area contributed by atoms with Gasteiger partial charge in [0.05, 0.1) is 5.56 Å². The second-order valence-electron chi connectivity index (χ2n) is 6.60. The fourth-order valence-electron chi connectivity index (χ4n) is 3.35. The van der Waals surface area contributed by atoms with Crippen LogP contribution < -0.4 is 10.6 Å². The van der Waals surface area contributed by atoms with E-state index in [4.69, 9.17) is 0 Å². The summed E-state index contributed by atoms with van der Waals surface area (Å²) < 4.78 is 52.8. The molecular formula is C20H18F4N2O2. The summed E-state index contributed by atoms with van der Waals surface area (Å²) in [4.78, 5) is 25.0. The molecule has 2 aromatic rings. The molecule has 1 saturated heterocycles. The molecule has 0 aromatic heterocycles. The van der Waals surface area contributed by atoms with Crippen molar-refractivity contribution in [1.82, 2.24) is 10.6 Å². The second kappa shape index (κ2) is 8.00. The molecule has 0 aliphatic carbocycles. The number of halogens is 4. The minimum absolute atomic E-state index is 0.120. The van der Waals surface area contributed by atoms with E-state index in [9.17, 15) is 27.2 Å². The number of piperidine rings is 1. The highest BCUT2D eigenvalue weighted by Crippen LogP contribution is 2.35. The van der Waals surface area contributed by atoms with Crippen molar-refractivity contribution in [3.05, 3.63) is 71.0 Å². The standard InChI is InChI=1S/C20H18F4N2O2/c21-16-7-2-1-4-13(16)11-26-19(28)17-15(8-9-25-18(17)27)12-5-3-6-14(10-12)20(22,23)24/h1-7,10,15,17H,8-9,11H2,(H,25,27)(H,26,28). The molecule has 4 nitrogen and oxygen atoms in total. The van der Waals surface area contributed by atoms with Crippen LogP contribution in [0.5, 0.6) is 0 Å².